The van der Waals surface area contributed by atoms with Crippen molar-refractivity contribution in [3.63, 3.8) is 0 Å². The van der Waals surface area contributed by atoms with E-state index >= 15 is 0 Å². The Bertz CT molecular complexity index is 691. The lowest BCUT2D eigenvalue weighted by molar-refractivity contribution is -0.141. The molecule has 0 radical (unpaired) electrons. The Hall–Kier alpha value is -2.30. The van der Waals surface area contributed by atoms with E-state index in [1.54, 1.807) is 6.07 Å². The lowest BCUT2D eigenvalue weighted by Crippen LogP contribution is -2.33. The van der Waals surface area contributed by atoms with Crippen LogP contribution in [0.3, 0.4) is 0 Å². The van der Waals surface area contributed by atoms with Crippen LogP contribution in [-0.2, 0) is 9.53 Å². The summed E-state index contributed by atoms with van der Waals surface area (Å²) < 4.78 is 4.81. The number of anilines is 1. The van der Waals surface area contributed by atoms with Crippen LogP contribution in [-0.4, -0.2) is 24.1 Å². The Kier molecular flexibility index (Phi) is 4.62. The quantitative estimate of drug-likeness (QED) is 0.829. The third kappa shape index (κ3) is 3.62. The van der Waals surface area contributed by atoms with E-state index in [9.17, 15) is 9.59 Å². The third-order valence-corrected chi connectivity index (χ3v) is 3.28. The van der Waals surface area contributed by atoms with Gasteiger partial charge in [-0.3, -0.25) is 4.79 Å². The lowest BCUT2D eigenvalue weighted by Gasteiger charge is -2.19. The normalized spacial score (nSPS) is 12.4. The van der Waals surface area contributed by atoms with Crippen LogP contribution in [0.4, 0.5) is 5.82 Å². The molecule has 1 unspecified atom stereocenters. The second-order valence-electron chi connectivity index (χ2n) is 5.45. The van der Waals surface area contributed by atoms with Gasteiger partial charge in [0, 0.05) is 5.39 Å². The number of hydrogen-bond acceptors (Lipinski definition) is 4. The number of aromatic amines is 1. The Morgan fingerprint density at radius 3 is 2.71 bits per heavy atom. The van der Waals surface area contributed by atoms with Crippen molar-refractivity contribution in [3.05, 3.63) is 40.7 Å². The fourth-order valence-electron chi connectivity index (χ4n) is 2.30. The first kappa shape index (κ1) is 15.1. The molecule has 0 aliphatic rings. The van der Waals surface area contributed by atoms with E-state index in [-0.39, 0.29) is 11.5 Å². The summed E-state index contributed by atoms with van der Waals surface area (Å²) >= 11 is 0. The first-order valence-corrected chi connectivity index (χ1v) is 6.97. The van der Waals surface area contributed by atoms with Gasteiger partial charge >= 0.3 is 5.97 Å². The second-order valence-corrected chi connectivity index (χ2v) is 5.45. The molecule has 0 bridgehead atoms. The lowest BCUT2D eigenvalue weighted by atomic mass is 10.0. The topological polar surface area (TPSA) is 71.2 Å². The van der Waals surface area contributed by atoms with Crippen molar-refractivity contribution in [2.45, 2.75) is 26.3 Å². The monoisotopic (exact) mass is 288 g/mol. The smallest absolute Gasteiger partial charge is 0.328 e. The highest BCUT2D eigenvalue weighted by Crippen LogP contribution is 2.16. The van der Waals surface area contributed by atoms with Crippen molar-refractivity contribution in [2.24, 2.45) is 5.92 Å². The van der Waals surface area contributed by atoms with Crippen molar-refractivity contribution in [3.8, 4) is 0 Å². The molecule has 1 heterocycles. The van der Waals surface area contributed by atoms with Gasteiger partial charge in [0.2, 0.25) is 0 Å². The first-order chi connectivity index (χ1) is 10.0. The molecule has 2 N–H and O–H groups in total. The summed E-state index contributed by atoms with van der Waals surface area (Å²) in [4.78, 5) is 26.6. The van der Waals surface area contributed by atoms with E-state index in [2.05, 4.69) is 10.3 Å². The molecule has 5 heteroatoms. The third-order valence-electron chi connectivity index (χ3n) is 3.28. The van der Waals surface area contributed by atoms with Gasteiger partial charge < -0.3 is 15.0 Å². The molecule has 0 aliphatic carbocycles. The van der Waals surface area contributed by atoms with Gasteiger partial charge in [-0.2, -0.15) is 0 Å². The minimum atomic E-state index is -0.480. The molecule has 1 atom stereocenters. The van der Waals surface area contributed by atoms with Crippen LogP contribution in [0, 0.1) is 5.92 Å². The average molecular weight is 288 g/mol. The second kappa shape index (κ2) is 6.43. The number of benzene rings is 1. The highest BCUT2D eigenvalue weighted by molar-refractivity contribution is 5.85. The van der Waals surface area contributed by atoms with Crippen LogP contribution < -0.4 is 10.9 Å². The largest absolute Gasteiger partial charge is 0.467 e. The van der Waals surface area contributed by atoms with Crippen molar-refractivity contribution >= 4 is 22.6 Å². The number of esters is 1. The summed E-state index contributed by atoms with van der Waals surface area (Å²) in [6.07, 6.45) is 0.627. The zero-order valence-corrected chi connectivity index (χ0v) is 12.5. The minimum absolute atomic E-state index is 0.177. The Labute approximate surface area is 123 Å². The van der Waals surface area contributed by atoms with Gasteiger partial charge in [0.05, 0.1) is 7.11 Å². The molecule has 0 spiro atoms. The number of methoxy groups -OCH3 is 1. The molecule has 0 amide bonds. The molecule has 112 valence electrons. The fraction of sp³-hybridized carbons (Fsp3) is 0.375. The molecule has 1 aromatic heterocycles. The van der Waals surface area contributed by atoms with Gasteiger partial charge in [0.15, 0.2) is 0 Å². The van der Waals surface area contributed by atoms with E-state index in [4.69, 9.17) is 4.74 Å². The fourth-order valence-corrected chi connectivity index (χ4v) is 2.30. The zero-order valence-electron chi connectivity index (χ0n) is 12.5. The summed E-state index contributed by atoms with van der Waals surface area (Å²) in [6, 6.07) is 8.67. The predicted octanol–water partition coefficient (Wildman–Crippen LogP) is 2.53. The maximum atomic E-state index is 12.0. The SMILES string of the molecule is COC(=O)C(CC(C)C)Nc1cc2ccccc2c(=O)[nH]1. The molecule has 0 aliphatic heterocycles. The predicted molar refractivity (Wildman–Crippen MR) is 83.5 cm³/mol. The molecule has 0 saturated carbocycles. The summed E-state index contributed by atoms with van der Waals surface area (Å²) in [6.45, 7) is 4.06. The number of aromatic nitrogens is 1. The Morgan fingerprint density at radius 1 is 1.33 bits per heavy atom. The number of ether oxygens (including phenoxy) is 1. The number of carbonyl (C=O) groups is 1. The van der Waals surface area contributed by atoms with Crippen LogP contribution in [0.5, 0.6) is 0 Å². The van der Waals surface area contributed by atoms with Gasteiger partial charge in [-0.25, -0.2) is 4.79 Å². The van der Waals surface area contributed by atoms with Gasteiger partial charge in [-0.05, 0) is 29.9 Å². The molecule has 0 fully saturated rings. The Balaban J connectivity index is 2.32. The number of rotatable bonds is 5. The number of carbonyl (C=O) groups excluding carboxylic acids is 1. The van der Waals surface area contributed by atoms with E-state index in [1.807, 2.05) is 38.1 Å². The molecule has 0 saturated heterocycles. The molecule has 1 aromatic carbocycles. The van der Waals surface area contributed by atoms with E-state index in [1.165, 1.54) is 7.11 Å². The number of hydrogen-bond donors (Lipinski definition) is 2. The number of fused-ring (bicyclic) bond motifs is 1. The van der Waals surface area contributed by atoms with Gasteiger partial charge in [0.25, 0.3) is 5.56 Å². The summed E-state index contributed by atoms with van der Waals surface area (Å²) in [5.74, 6) is 0.515. The summed E-state index contributed by atoms with van der Waals surface area (Å²) in [7, 11) is 1.36. The van der Waals surface area contributed by atoms with Crippen molar-refractivity contribution in [1.82, 2.24) is 4.98 Å². The van der Waals surface area contributed by atoms with Gasteiger partial charge in [-0.1, -0.05) is 32.0 Å². The summed E-state index contributed by atoms with van der Waals surface area (Å²) in [5, 5.41) is 4.52. The highest BCUT2D eigenvalue weighted by Gasteiger charge is 2.20. The number of pyridine rings is 1. The molecule has 2 aromatic rings. The number of nitrogens with one attached hydrogen (secondary N) is 2. The minimum Gasteiger partial charge on any atom is -0.467 e. The molecule has 2 rings (SSSR count). The van der Waals surface area contributed by atoms with Gasteiger partial charge in [-0.15, -0.1) is 0 Å². The van der Waals surface area contributed by atoms with Gasteiger partial charge in [0.1, 0.15) is 11.9 Å². The molecule has 5 nitrogen and oxygen atoms in total. The van der Waals surface area contributed by atoms with Crippen molar-refractivity contribution in [1.29, 1.82) is 0 Å². The molecular formula is C16H20N2O3. The molecule has 21 heavy (non-hydrogen) atoms. The maximum Gasteiger partial charge on any atom is 0.328 e. The highest BCUT2D eigenvalue weighted by atomic mass is 16.5. The van der Waals surface area contributed by atoms with Crippen LogP contribution in [0.1, 0.15) is 20.3 Å². The first-order valence-electron chi connectivity index (χ1n) is 6.97. The van der Waals surface area contributed by atoms with Crippen LogP contribution in [0.2, 0.25) is 0 Å². The van der Waals surface area contributed by atoms with Crippen molar-refractivity contribution in [2.75, 3.05) is 12.4 Å². The van der Waals surface area contributed by atoms with Crippen molar-refractivity contribution < 1.29 is 9.53 Å². The summed E-state index contributed by atoms with van der Waals surface area (Å²) in [5.41, 5.74) is -0.177. The zero-order chi connectivity index (χ0) is 15.4. The van der Waals surface area contributed by atoms with E-state index in [0.29, 0.717) is 23.5 Å². The van der Waals surface area contributed by atoms with E-state index in [0.717, 1.165) is 5.39 Å². The van der Waals surface area contributed by atoms with E-state index < -0.39 is 6.04 Å². The van der Waals surface area contributed by atoms with Crippen LogP contribution in [0.15, 0.2) is 35.1 Å². The number of H-pyrrole nitrogens is 1. The molecular weight excluding hydrogens is 268 g/mol. The van der Waals surface area contributed by atoms with Crippen LogP contribution in [0.25, 0.3) is 10.8 Å². The standard InChI is InChI=1S/C16H20N2O3/c1-10(2)8-13(16(20)21-3)17-14-9-11-6-4-5-7-12(11)15(19)18-14/h4-7,9-10,13H,8H2,1-3H3,(H2,17,18,19). The van der Waals surface area contributed by atoms with Crippen LogP contribution >= 0.6 is 0 Å². The maximum absolute atomic E-state index is 12.0. The average Bonchev–Trinajstić information content (AvgIpc) is 2.45. The Morgan fingerprint density at radius 2 is 2.05 bits per heavy atom.